The molecule has 0 atom stereocenters. The summed E-state index contributed by atoms with van der Waals surface area (Å²) in [6, 6.07) is 11.3. The molecule has 2 aromatic rings. The highest BCUT2D eigenvalue weighted by Gasteiger charge is 2.41. The first-order valence-corrected chi connectivity index (χ1v) is 11.6. The van der Waals surface area contributed by atoms with Crippen LogP contribution in [0.15, 0.2) is 36.4 Å². The maximum atomic E-state index is 13.5. The van der Waals surface area contributed by atoms with Crippen LogP contribution >= 0.6 is 0 Å². The van der Waals surface area contributed by atoms with Crippen LogP contribution in [0.1, 0.15) is 56.1 Å². The smallest absolute Gasteiger partial charge is 0.220 e. The standard InChI is InChI=1S/C26H31FN2O2/c1-2-31-24-14-23(19-5-7-21(27)8-6-19)22(18-3-4-18)13-20(24)16-29-11-9-26(10-12-29)15-25(30)28-17-26/h5-8,13-14,18H,2-4,9-12,15-17H2,1H3,(H,28,30). The number of halogens is 1. The Hall–Kier alpha value is -2.40. The van der Waals surface area contributed by atoms with Crippen LogP contribution in [0.25, 0.3) is 11.1 Å². The molecule has 1 saturated carbocycles. The lowest BCUT2D eigenvalue weighted by Crippen LogP contribution is -2.40. The largest absolute Gasteiger partial charge is 0.494 e. The van der Waals surface area contributed by atoms with Gasteiger partial charge in [-0.3, -0.25) is 9.69 Å². The van der Waals surface area contributed by atoms with Crippen molar-refractivity contribution >= 4 is 5.91 Å². The van der Waals surface area contributed by atoms with Crippen molar-refractivity contribution in [2.75, 3.05) is 26.2 Å². The van der Waals surface area contributed by atoms with E-state index >= 15 is 0 Å². The summed E-state index contributed by atoms with van der Waals surface area (Å²) in [6.07, 6.45) is 5.25. The van der Waals surface area contributed by atoms with Crippen molar-refractivity contribution in [3.8, 4) is 16.9 Å². The first-order valence-electron chi connectivity index (χ1n) is 11.6. The summed E-state index contributed by atoms with van der Waals surface area (Å²) in [5, 5.41) is 3.02. The van der Waals surface area contributed by atoms with Crippen LogP contribution in [0, 0.1) is 11.2 Å². The second-order valence-corrected chi connectivity index (χ2v) is 9.49. The number of nitrogens with zero attached hydrogens (tertiary/aromatic N) is 1. The third kappa shape index (κ3) is 4.33. The van der Waals surface area contributed by atoms with Gasteiger partial charge in [0.1, 0.15) is 11.6 Å². The second kappa shape index (κ2) is 8.27. The fourth-order valence-corrected chi connectivity index (χ4v) is 5.20. The summed E-state index contributed by atoms with van der Waals surface area (Å²) >= 11 is 0. The minimum absolute atomic E-state index is 0.169. The number of nitrogens with one attached hydrogen (secondary N) is 1. The van der Waals surface area contributed by atoms with Crippen molar-refractivity contribution in [1.29, 1.82) is 0 Å². The maximum absolute atomic E-state index is 13.5. The number of hydrogen-bond donors (Lipinski definition) is 1. The van der Waals surface area contributed by atoms with Crippen LogP contribution in [0.3, 0.4) is 0 Å². The number of likely N-dealkylation sites (tertiary alicyclic amines) is 1. The van der Waals surface area contributed by atoms with E-state index in [2.05, 4.69) is 22.3 Å². The van der Waals surface area contributed by atoms with Gasteiger partial charge in [0.05, 0.1) is 6.61 Å². The van der Waals surface area contributed by atoms with Crippen molar-refractivity contribution in [3.63, 3.8) is 0 Å². The molecule has 2 aromatic carbocycles. The molecule has 3 fully saturated rings. The Labute approximate surface area is 183 Å². The highest BCUT2D eigenvalue weighted by Crippen LogP contribution is 2.47. The van der Waals surface area contributed by atoms with Crippen molar-refractivity contribution < 1.29 is 13.9 Å². The van der Waals surface area contributed by atoms with Gasteiger partial charge in [-0.1, -0.05) is 12.1 Å². The summed E-state index contributed by atoms with van der Waals surface area (Å²) in [6.45, 7) is 6.37. The quantitative estimate of drug-likeness (QED) is 0.722. The zero-order valence-corrected chi connectivity index (χ0v) is 18.3. The van der Waals surface area contributed by atoms with E-state index in [0.29, 0.717) is 18.9 Å². The summed E-state index contributed by atoms with van der Waals surface area (Å²) in [7, 11) is 0. The van der Waals surface area contributed by atoms with E-state index in [1.165, 1.54) is 41.7 Å². The zero-order valence-electron chi connectivity index (χ0n) is 18.3. The van der Waals surface area contributed by atoms with E-state index in [-0.39, 0.29) is 17.1 Å². The molecule has 1 amide bonds. The summed E-state index contributed by atoms with van der Waals surface area (Å²) in [5.41, 5.74) is 4.99. The van der Waals surface area contributed by atoms with Crippen molar-refractivity contribution in [2.24, 2.45) is 5.41 Å². The average Bonchev–Trinajstić information content (AvgIpc) is 3.55. The molecule has 5 rings (SSSR count). The van der Waals surface area contributed by atoms with E-state index in [4.69, 9.17) is 4.74 Å². The van der Waals surface area contributed by atoms with Gasteiger partial charge in [0.25, 0.3) is 0 Å². The van der Waals surface area contributed by atoms with Gasteiger partial charge in [0.15, 0.2) is 0 Å². The lowest BCUT2D eigenvalue weighted by Gasteiger charge is -2.38. The topological polar surface area (TPSA) is 41.6 Å². The summed E-state index contributed by atoms with van der Waals surface area (Å²) < 4.78 is 19.5. The van der Waals surface area contributed by atoms with Gasteiger partial charge in [-0.2, -0.15) is 0 Å². The van der Waals surface area contributed by atoms with E-state index in [9.17, 15) is 9.18 Å². The Kier molecular flexibility index (Phi) is 5.47. The molecule has 0 unspecified atom stereocenters. The highest BCUT2D eigenvalue weighted by molar-refractivity contribution is 5.79. The molecule has 31 heavy (non-hydrogen) atoms. The SMILES string of the molecule is CCOc1cc(-c2ccc(F)cc2)c(C2CC2)cc1CN1CCC2(CC1)CNC(=O)C2. The number of ether oxygens (including phenoxy) is 1. The number of rotatable bonds is 6. The van der Waals surface area contributed by atoms with Gasteiger partial charge in [0, 0.05) is 25.1 Å². The first kappa shape index (κ1) is 20.5. The Morgan fingerprint density at radius 1 is 1.16 bits per heavy atom. The number of carbonyl (C=O) groups excluding carboxylic acids is 1. The molecule has 164 valence electrons. The number of carbonyl (C=O) groups is 1. The molecule has 2 heterocycles. The van der Waals surface area contributed by atoms with Gasteiger partial charge < -0.3 is 10.1 Å². The van der Waals surface area contributed by atoms with Gasteiger partial charge in [-0.15, -0.1) is 0 Å². The molecule has 4 nitrogen and oxygen atoms in total. The van der Waals surface area contributed by atoms with E-state index in [1.807, 2.05) is 19.1 Å². The van der Waals surface area contributed by atoms with Crippen molar-refractivity contribution in [1.82, 2.24) is 10.2 Å². The van der Waals surface area contributed by atoms with Crippen LogP contribution < -0.4 is 10.1 Å². The Morgan fingerprint density at radius 2 is 1.90 bits per heavy atom. The molecule has 3 aliphatic rings. The second-order valence-electron chi connectivity index (χ2n) is 9.49. The van der Waals surface area contributed by atoms with Gasteiger partial charge in [0.2, 0.25) is 5.91 Å². The highest BCUT2D eigenvalue weighted by atomic mass is 19.1. The predicted molar refractivity (Wildman–Crippen MR) is 120 cm³/mol. The monoisotopic (exact) mass is 422 g/mol. The number of amides is 1. The summed E-state index contributed by atoms with van der Waals surface area (Å²) in [5.74, 6) is 1.52. The fourth-order valence-electron chi connectivity index (χ4n) is 5.20. The molecular formula is C26H31FN2O2. The van der Waals surface area contributed by atoms with Crippen LogP contribution in [0.5, 0.6) is 5.75 Å². The fraction of sp³-hybridized carbons (Fsp3) is 0.500. The van der Waals surface area contributed by atoms with E-state index < -0.39 is 0 Å². The Bertz CT molecular complexity index is 960. The zero-order chi connectivity index (χ0) is 21.4. The molecule has 1 N–H and O–H groups in total. The normalized spacial score (nSPS) is 20.8. The molecule has 0 radical (unpaired) electrons. The molecule has 0 bridgehead atoms. The third-order valence-electron chi connectivity index (χ3n) is 7.21. The number of piperidine rings is 1. The first-order chi connectivity index (χ1) is 15.0. The molecule has 2 saturated heterocycles. The third-order valence-corrected chi connectivity index (χ3v) is 7.21. The van der Waals surface area contributed by atoms with Crippen LogP contribution in [0.2, 0.25) is 0 Å². The molecular weight excluding hydrogens is 391 g/mol. The van der Waals surface area contributed by atoms with Crippen LogP contribution in [0.4, 0.5) is 4.39 Å². The van der Waals surface area contributed by atoms with Crippen LogP contribution in [-0.2, 0) is 11.3 Å². The number of hydrogen-bond acceptors (Lipinski definition) is 3. The van der Waals surface area contributed by atoms with Gasteiger partial charge in [-0.05, 0) is 98.0 Å². The molecule has 1 aliphatic carbocycles. The van der Waals surface area contributed by atoms with E-state index in [0.717, 1.165) is 50.3 Å². The van der Waals surface area contributed by atoms with Crippen LogP contribution in [-0.4, -0.2) is 37.0 Å². The summed E-state index contributed by atoms with van der Waals surface area (Å²) in [4.78, 5) is 14.2. The number of benzene rings is 2. The van der Waals surface area contributed by atoms with Gasteiger partial charge in [-0.25, -0.2) is 4.39 Å². The predicted octanol–water partition coefficient (Wildman–Crippen LogP) is 4.87. The molecule has 2 aliphatic heterocycles. The minimum Gasteiger partial charge on any atom is -0.494 e. The Balaban J connectivity index is 1.40. The van der Waals surface area contributed by atoms with E-state index in [1.54, 1.807) is 0 Å². The van der Waals surface area contributed by atoms with Gasteiger partial charge >= 0.3 is 0 Å². The molecule has 5 heteroatoms. The lowest BCUT2D eigenvalue weighted by molar-refractivity contribution is -0.119. The van der Waals surface area contributed by atoms with Crippen molar-refractivity contribution in [3.05, 3.63) is 53.3 Å². The maximum Gasteiger partial charge on any atom is 0.220 e. The molecule has 0 aromatic heterocycles. The average molecular weight is 423 g/mol. The minimum atomic E-state index is -0.208. The lowest BCUT2D eigenvalue weighted by atomic mass is 9.77. The van der Waals surface area contributed by atoms with Crippen molar-refractivity contribution in [2.45, 2.75) is 51.5 Å². The molecule has 1 spiro atoms. The Morgan fingerprint density at radius 3 is 2.52 bits per heavy atom.